The lowest BCUT2D eigenvalue weighted by Crippen LogP contribution is -2.14. The highest BCUT2D eigenvalue weighted by molar-refractivity contribution is 7.92. The molecule has 0 aliphatic heterocycles. The molecule has 0 aromatic carbocycles. The van der Waals surface area contributed by atoms with Gasteiger partial charge in [-0.2, -0.15) is 5.10 Å². The van der Waals surface area contributed by atoms with Crippen molar-refractivity contribution >= 4 is 21.9 Å². The second-order valence-corrected chi connectivity index (χ2v) is 6.26. The van der Waals surface area contributed by atoms with Gasteiger partial charge in [0, 0.05) is 12.2 Å². The zero-order valence-electron chi connectivity index (χ0n) is 10.7. The maximum atomic E-state index is 12.2. The lowest BCUT2D eigenvalue weighted by atomic mass is 10.4. The molecule has 0 radical (unpaired) electrons. The van der Waals surface area contributed by atoms with Crippen LogP contribution in [-0.4, -0.2) is 39.2 Å². The number of aromatic nitrogens is 4. The minimum atomic E-state index is -3.95. The predicted molar refractivity (Wildman–Crippen MR) is 70.3 cm³/mol. The highest BCUT2D eigenvalue weighted by atomic mass is 32.2. The van der Waals surface area contributed by atoms with Gasteiger partial charge in [0.25, 0.3) is 16.0 Å². The topological polar surface area (TPSA) is 127 Å². The SMILES string of the molecule is O=C(O)c1cc(S(=O)(=O)Nc2nccnn2)cn1C1CC1. The molecule has 0 bridgehead atoms. The Morgan fingerprint density at radius 1 is 1.38 bits per heavy atom. The average molecular weight is 309 g/mol. The van der Waals surface area contributed by atoms with E-state index >= 15 is 0 Å². The predicted octanol–water partition coefficient (Wildman–Crippen LogP) is 0.507. The summed E-state index contributed by atoms with van der Waals surface area (Å²) in [5, 5.41) is 16.2. The molecule has 0 saturated heterocycles. The van der Waals surface area contributed by atoms with Crippen LogP contribution in [0.2, 0.25) is 0 Å². The van der Waals surface area contributed by atoms with Crippen LogP contribution in [-0.2, 0) is 10.0 Å². The van der Waals surface area contributed by atoms with Gasteiger partial charge in [-0.3, -0.25) is 0 Å². The van der Waals surface area contributed by atoms with Gasteiger partial charge in [0.15, 0.2) is 0 Å². The Bertz CT molecular complexity index is 782. The van der Waals surface area contributed by atoms with E-state index in [4.69, 9.17) is 5.11 Å². The van der Waals surface area contributed by atoms with E-state index in [1.54, 1.807) is 0 Å². The van der Waals surface area contributed by atoms with E-state index in [1.165, 1.54) is 23.2 Å². The Labute approximate surface area is 119 Å². The fourth-order valence-corrected chi connectivity index (χ4v) is 2.87. The van der Waals surface area contributed by atoms with Crippen LogP contribution in [0.25, 0.3) is 0 Å². The number of carboxylic acids is 1. The number of anilines is 1. The number of hydrogen-bond acceptors (Lipinski definition) is 6. The molecule has 0 spiro atoms. The van der Waals surface area contributed by atoms with Crippen LogP contribution in [0.1, 0.15) is 29.4 Å². The molecule has 2 heterocycles. The van der Waals surface area contributed by atoms with E-state index in [1.807, 2.05) is 0 Å². The summed E-state index contributed by atoms with van der Waals surface area (Å²) in [6.45, 7) is 0. The zero-order valence-corrected chi connectivity index (χ0v) is 11.5. The molecule has 9 nitrogen and oxygen atoms in total. The lowest BCUT2D eigenvalue weighted by Gasteiger charge is -2.03. The summed E-state index contributed by atoms with van der Waals surface area (Å²) >= 11 is 0. The summed E-state index contributed by atoms with van der Waals surface area (Å²) in [6, 6.07) is 1.18. The quantitative estimate of drug-likeness (QED) is 0.823. The van der Waals surface area contributed by atoms with E-state index in [2.05, 4.69) is 19.9 Å². The maximum Gasteiger partial charge on any atom is 0.352 e. The van der Waals surface area contributed by atoms with E-state index < -0.39 is 16.0 Å². The molecule has 0 atom stereocenters. The molecule has 2 aromatic rings. The second kappa shape index (κ2) is 4.81. The number of carbonyl (C=O) groups is 1. The summed E-state index contributed by atoms with van der Waals surface area (Å²) in [5.41, 5.74) is -0.0509. The minimum absolute atomic E-state index is 0.0506. The van der Waals surface area contributed by atoms with Gasteiger partial charge in [0.2, 0.25) is 0 Å². The van der Waals surface area contributed by atoms with Crippen LogP contribution in [0.4, 0.5) is 5.95 Å². The Kier molecular flexibility index (Phi) is 3.09. The smallest absolute Gasteiger partial charge is 0.352 e. The second-order valence-electron chi connectivity index (χ2n) is 4.58. The summed E-state index contributed by atoms with van der Waals surface area (Å²) < 4.78 is 28.0. The number of hydrogen-bond donors (Lipinski definition) is 2. The third-order valence-electron chi connectivity index (χ3n) is 3.00. The van der Waals surface area contributed by atoms with Gasteiger partial charge < -0.3 is 9.67 Å². The molecule has 0 amide bonds. The molecular weight excluding hydrogens is 298 g/mol. The van der Waals surface area contributed by atoms with Crippen LogP contribution >= 0.6 is 0 Å². The Hall–Kier alpha value is -2.49. The van der Waals surface area contributed by atoms with Crippen molar-refractivity contribution in [3.63, 3.8) is 0 Å². The van der Waals surface area contributed by atoms with Crippen molar-refractivity contribution < 1.29 is 18.3 Å². The van der Waals surface area contributed by atoms with Crippen LogP contribution in [0.5, 0.6) is 0 Å². The van der Waals surface area contributed by atoms with Crippen LogP contribution in [0.3, 0.4) is 0 Å². The van der Waals surface area contributed by atoms with Crippen molar-refractivity contribution in [2.75, 3.05) is 4.72 Å². The zero-order chi connectivity index (χ0) is 15.0. The average Bonchev–Trinajstić information content (AvgIpc) is 3.17. The van der Waals surface area contributed by atoms with Gasteiger partial charge in [-0.15, -0.1) is 5.10 Å². The van der Waals surface area contributed by atoms with E-state index in [0.29, 0.717) is 0 Å². The normalized spacial score (nSPS) is 14.9. The number of sulfonamides is 1. The molecule has 2 N–H and O–H groups in total. The van der Waals surface area contributed by atoms with Crippen molar-refractivity contribution in [1.82, 2.24) is 19.7 Å². The number of aromatic carboxylic acids is 1. The maximum absolute atomic E-state index is 12.2. The Morgan fingerprint density at radius 2 is 2.14 bits per heavy atom. The summed E-state index contributed by atoms with van der Waals surface area (Å²) in [7, 11) is -3.95. The van der Waals surface area contributed by atoms with Gasteiger partial charge in [0.1, 0.15) is 10.6 Å². The first kappa shape index (κ1) is 13.5. The van der Waals surface area contributed by atoms with E-state index in [-0.39, 0.29) is 22.6 Å². The van der Waals surface area contributed by atoms with Crippen molar-refractivity contribution in [1.29, 1.82) is 0 Å². The van der Waals surface area contributed by atoms with Crippen LogP contribution in [0, 0.1) is 0 Å². The summed E-state index contributed by atoms with van der Waals surface area (Å²) in [5.74, 6) is -1.34. The van der Waals surface area contributed by atoms with Gasteiger partial charge in [-0.25, -0.2) is 22.9 Å². The first-order valence-corrected chi connectivity index (χ1v) is 7.57. The molecule has 1 aliphatic rings. The van der Waals surface area contributed by atoms with E-state index in [9.17, 15) is 13.2 Å². The number of nitrogens with zero attached hydrogens (tertiary/aromatic N) is 4. The number of nitrogens with one attached hydrogen (secondary N) is 1. The minimum Gasteiger partial charge on any atom is -0.477 e. The van der Waals surface area contributed by atoms with Crippen molar-refractivity contribution in [3.05, 3.63) is 30.4 Å². The van der Waals surface area contributed by atoms with Crippen molar-refractivity contribution in [3.8, 4) is 0 Å². The molecule has 21 heavy (non-hydrogen) atoms. The van der Waals surface area contributed by atoms with Crippen LogP contribution in [0.15, 0.2) is 29.6 Å². The van der Waals surface area contributed by atoms with Gasteiger partial charge in [-0.05, 0) is 18.9 Å². The van der Waals surface area contributed by atoms with E-state index in [0.717, 1.165) is 18.9 Å². The lowest BCUT2D eigenvalue weighted by molar-refractivity contribution is 0.0685. The Morgan fingerprint density at radius 3 is 2.71 bits per heavy atom. The molecule has 3 rings (SSSR count). The highest BCUT2D eigenvalue weighted by Crippen LogP contribution is 2.37. The third kappa shape index (κ3) is 2.70. The van der Waals surface area contributed by atoms with Gasteiger partial charge >= 0.3 is 5.97 Å². The Balaban J connectivity index is 1.95. The molecule has 1 saturated carbocycles. The molecule has 10 heteroatoms. The van der Waals surface area contributed by atoms with Crippen molar-refractivity contribution in [2.45, 2.75) is 23.8 Å². The van der Waals surface area contributed by atoms with Gasteiger partial charge in [-0.1, -0.05) is 0 Å². The first-order chi connectivity index (χ1) is 9.97. The molecule has 0 unspecified atom stereocenters. The molecular formula is C11H11N5O4S. The summed E-state index contributed by atoms with van der Waals surface area (Å²) in [4.78, 5) is 14.8. The largest absolute Gasteiger partial charge is 0.477 e. The highest BCUT2D eigenvalue weighted by Gasteiger charge is 2.30. The number of rotatable bonds is 5. The fraction of sp³-hybridized carbons (Fsp3) is 0.273. The standard InChI is InChI=1S/C11H11N5O4S/c17-10(18)9-5-8(6-16(9)7-1-2-7)21(19,20)15-11-12-3-4-13-14-11/h3-7H,1-2H2,(H,17,18)(H,12,14,15). The molecule has 110 valence electrons. The molecule has 1 aliphatic carbocycles. The number of carboxylic acid groups (broad SMARTS) is 1. The monoisotopic (exact) mass is 309 g/mol. The first-order valence-electron chi connectivity index (χ1n) is 6.09. The fourth-order valence-electron chi connectivity index (χ4n) is 1.90. The van der Waals surface area contributed by atoms with Crippen LogP contribution < -0.4 is 4.72 Å². The molecule has 1 fully saturated rings. The third-order valence-corrected chi connectivity index (χ3v) is 4.30. The summed E-state index contributed by atoms with van der Waals surface area (Å²) in [6.07, 6.45) is 5.60. The molecule has 2 aromatic heterocycles. The van der Waals surface area contributed by atoms with Gasteiger partial charge in [0.05, 0.1) is 12.4 Å². The van der Waals surface area contributed by atoms with Crippen molar-refractivity contribution in [2.24, 2.45) is 0 Å².